The Morgan fingerprint density at radius 1 is 1.24 bits per heavy atom. The Morgan fingerprint density at radius 3 is 2.52 bits per heavy atom. The summed E-state index contributed by atoms with van der Waals surface area (Å²) in [6, 6.07) is 13.4. The second-order valence-corrected chi connectivity index (χ2v) is 6.24. The lowest BCUT2D eigenvalue weighted by Crippen LogP contribution is -2.26. The normalized spacial score (nSPS) is 12.0. The van der Waals surface area contributed by atoms with Crippen LogP contribution in [0.1, 0.15) is 41.4 Å². The molecular formula is C17H17BrClNO. The number of aryl methyl sites for hydroxylation is 1. The summed E-state index contributed by atoms with van der Waals surface area (Å²) >= 11 is 9.43. The monoisotopic (exact) mass is 365 g/mol. The minimum absolute atomic E-state index is 0.0709. The van der Waals surface area contributed by atoms with Crippen LogP contribution >= 0.6 is 27.5 Å². The van der Waals surface area contributed by atoms with E-state index in [4.69, 9.17) is 11.6 Å². The van der Waals surface area contributed by atoms with E-state index in [1.54, 1.807) is 12.1 Å². The molecule has 110 valence electrons. The van der Waals surface area contributed by atoms with Crippen LogP contribution in [-0.2, 0) is 6.42 Å². The van der Waals surface area contributed by atoms with Gasteiger partial charge in [0, 0.05) is 4.47 Å². The maximum Gasteiger partial charge on any atom is 0.253 e. The van der Waals surface area contributed by atoms with Crippen molar-refractivity contribution in [1.82, 2.24) is 5.32 Å². The number of carbonyl (C=O) groups excluding carboxylic acids is 1. The van der Waals surface area contributed by atoms with Gasteiger partial charge < -0.3 is 5.32 Å². The zero-order valence-electron chi connectivity index (χ0n) is 12.0. The Labute approximate surface area is 138 Å². The van der Waals surface area contributed by atoms with Crippen molar-refractivity contribution in [3.8, 4) is 0 Å². The number of nitrogens with one attached hydrogen (secondary N) is 1. The van der Waals surface area contributed by atoms with E-state index in [1.807, 2.05) is 25.1 Å². The van der Waals surface area contributed by atoms with Crippen molar-refractivity contribution in [2.45, 2.75) is 26.3 Å². The van der Waals surface area contributed by atoms with Gasteiger partial charge in [-0.2, -0.15) is 0 Å². The number of rotatable bonds is 4. The molecule has 0 radical (unpaired) electrons. The summed E-state index contributed by atoms with van der Waals surface area (Å²) < 4.78 is 0.831. The first kappa shape index (κ1) is 16.1. The van der Waals surface area contributed by atoms with E-state index < -0.39 is 0 Å². The SMILES string of the molecule is CCc1ccc(C(C)NC(=O)c2cc(Br)ccc2Cl)cc1. The van der Waals surface area contributed by atoms with Crippen molar-refractivity contribution in [3.05, 3.63) is 68.7 Å². The van der Waals surface area contributed by atoms with Crippen molar-refractivity contribution in [3.63, 3.8) is 0 Å². The van der Waals surface area contributed by atoms with Crippen LogP contribution in [0.15, 0.2) is 46.9 Å². The van der Waals surface area contributed by atoms with E-state index in [0.717, 1.165) is 16.5 Å². The molecule has 0 aliphatic carbocycles. The predicted molar refractivity (Wildman–Crippen MR) is 90.9 cm³/mol. The van der Waals surface area contributed by atoms with Gasteiger partial charge in [0.25, 0.3) is 5.91 Å². The summed E-state index contributed by atoms with van der Waals surface area (Å²) in [6.45, 7) is 4.08. The van der Waals surface area contributed by atoms with Crippen LogP contribution in [0.2, 0.25) is 5.02 Å². The first-order chi connectivity index (χ1) is 10.0. The van der Waals surface area contributed by atoms with E-state index in [-0.39, 0.29) is 11.9 Å². The number of amides is 1. The van der Waals surface area contributed by atoms with E-state index in [2.05, 4.69) is 40.3 Å². The molecule has 0 aromatic heterocycles. The van der Waals surface area contributed by atoms with Crippen LogP contribution in [-0.4, -0.2) is 5.91 Å². The molecule has 1 amide bonds. The maximum absolute atomic E-state index is 12.3. The highest BCUT2D eigenvalue weighted by molar-refractivity contribution is 9.10. The molecule has 2 aromatic carbocycles. The number of hydrogen-bond acceptors (Lipinski definition) is 1. The number of halogens is 2. The van der Waals surface area contributed by atoms with Crippen molar-refractivity contribution in [2.75, 3.05) is 0 Å². The summed E-state index contributed by atoms with van der Waals surface area (Å²) in [5, 5.41) is 3.42. The van der Waals surface area contributed by atoms with E-state index >= 15 is 0 Å². The van der Waals surface area contributed by atoms with Gasteiger partial charge in [-0.3, -0.25) is 4.79 Å². The summed E-state index contributed by atoms with van der Waals surface area (Å²) in [6.07, 6.45) is 1.01. The van der Waals surface area contributed by atoms with Gasteiger partial charge >= 0.3 is 0 Å². The largest absolute Gasteiger partial charge is 0.345 e. The fourth-order valence-corrected chi connectivity index (χ4v) is 2.64. The Balaban J connectivity index is 2.12. The van der Waals surface area contributed by atoms with Crippen LogP contribution in [0.25, 0.3) is 0 Å². The van der Waals surface area contributed by atoms with Crippen molar-refractivity contribution < 1.29 is 4.79 Å². The zero-order chi connectivity index (χ0) is 15.4. The summed E-state index contributed by atoms with van der Waals surface area (Å²) in [4.78, 5) is 12.3. The first-order valence-electron chi connectivity index (χ1n) is 6.86. The van der Waals surface area contributed by atoms with Crippen LogP contribution in [0.3, 0.4) is 0 Å². The highest BCUT2D eigenvalue weighted by atomic mass is 79.9. The van der Waals surface area contributed by atoms with Gasteiger partial charge in [0.2, 0.25) is 0 Å². The van der Waals surface area contributed by atoms with Gasteiger partial charge in [0.1, 0.15) is 0 Å². The lowest BCUT2D eigenvalue weighted by Gasteiger charge is -2.15. The van der Waals surface area contributed by atoms with Crippen molar-refractivity contribution in [2.24, 2.45) is 0 Å². The Bertz CT molecular complexity index is 640. The number of benzene rings is 2. The Hall–Kier alpha value is -1.32. The molecule has 0 aliphatic heterocycles. The smallest absolute Gasteiger partial charge is 0.253 e. The molecule has 0 aliphatic rings. The number of carbonyl (C=O) groups is 1. The molecule has 21 heavy (non-hydrogen) atoms. The van der Waals surface area contributed by atoms with E-state index in [0.29, 0.717) is 10.6 Å². The van der Waals surface area contributed by atoms with Gasteiger partial charge in [-0.15, -0.1) is 0 Å². The highest BCUT2D eigenvalue weighted by Crippen LogP contribution is 2.22. The van der Waals surface area contributed by atoms with Crippen LogP contribution in [0.5, 0.6) is 0 Å². The zero-order valence-corrected chi connectivity index (χ0v) is 14.3. The molecule has 0 heterocycles. The molecule has 4 heteroatoms. The average molecular weight is 367 g/mol. The molecule has 1 unspecified atom stereocenters. The molecule has 1 atom stereocenters. The minimum Gasteiger partial charge on any atom is -0.345 e. The molecule has 0 fully saturated rings. The standard InChI is InChI=1S/C17H17BrClNO/c1-3-12-4-6-13(7-5-12)11(2)20-17(21)15-10-14(18)8-9-16(15)19/h4-11H,3H2,1-2H3,(H,20,21). The maximum atomic E-state index is 12.3. The molecule has 2 rings (SSSR count). The second kappa shape index (κ2) is 7.10. The van der Waals surface area contributed by atoms with Gasteiger partial charge in [-0.05, 0) is 42.7 Å². The summed E-state index contributed by atoms with van der Waals surface area (Å²) in [5.74, 6) is -0.173. The Kier molecular flexibility index (Phi) is 5.43. The molecule has 2 nitrogen and oxygen atoms in total. The van der Waals surface area contributed by atoms with E-state index in [1.165, 1.54) is 5.56 Å². The lowest BCUT2D eigenvalue weighted by atomic mass is 10.0. The van der Waals surface area contributed by atoms with E-state index in [9.17, 15) is 4.79 Å². The number of hydrogen-bond donors (Lipinski definition) is 1. The molecule has 1 N–H and O–H groups in total. The molecule has 0 bridgehead atoms. The first-order valence-corrected chi connectivity index (χ1v) is 8.03. The molecule has 0 saturated carbocycles. The summed E-state index contributed by atoms with van der Waals surface area (Å²) in [7, 11) is 0. The lowest BCUT2D eigenvalue weighted by molar-refractivity contribution is 0.0940. The van der Waals surface area contributed by atoms with Gasteiger partial charge in [-0.1, -0.05) is 58.7 Å². The fraction of sp³-hybridized carbons (Fsp3) is 0.235. The van der Waals surface area contributed by atoms with Crippen LogP contribution in [0.4, 0.5) is 0 Å². The summed E-state index contributed by atoms with van der Waals surface area (Å²) in [5.41, 5.74) is 2.84. The van der Waals surface area contributed by atoms with Crippen LogP contribution < -0.4 is 5.32 Å². The van der Waals surface area contributed by atoms with Crippen LogP contribution in [0, 0.1) is 0 Å². The topological polar surface area (TPSA) is 29.1 Å². The van der Waals surface area contributed by atoms with Gasteiger partial charge in [0.15, 0.2) is 0 Å². The third-order valence-corrected chi connectivity index (χ3v) is 4.23. The van der Waals surface area contributed by atoms with Crippen molar-refractivity contribution >= 4 is 33.4 Å². The van der Waals surface area contributed by atoms with Gasteiger partial charge in [0.05, 0.1) is 16.6 Å². The molecular weight excluding hydrogens is 350 g/mol. The highest BCUT2D eigenvalue weighted by Gasteiger charge is 2.14. The molecule has 0 spiro atoms. The minimum atomic E-state index is -0.173. The average Bonchev–Trinajstić information content (AvgIpc) is 2.49. The quantitative estimate of drug-likeness (QED) is 0.796. The van der Waals surface area contributed by atoms with Crippen molar-refractivity contribution in [1.29, 1.82) is 0 Å². The molecule has 2 aromatic rings. The fourth-order valence-electron chi connectivity index (χ4n) is 2.07. The third-order valence-electron chi connectivity index (χ3n) is 3.41. The third kappa shape index (κ3) is 4.08. The molecule has 0 saturated heterocycles. The van der Waals surface area contributed by atoms with Gasteiger partial charge in [-0.25, -0.2) is 0 Å². The second-order valence-electron chi connectivity index (χ2n) is 4.91. The predicted octanol–water partition coefficient (Wildman–Crippen LogP) is 5.16. The Morgan fingerprint density at radius 2 is 1.90 bits per heavy atom.